The van der Waals surface area contributed by atoms with Crippen molar-refractivity contribution in [3.8, 4) is 17.0 Å². The Bertz CT molecular complexity index is 1120. The third-order valence-corrected chi connectivity index (χ3v) is 6.11. The van der Waals surface area contributed by atoms with Crippen molar-refractivity contribution in [3.05, 3.63) is 65.9 Å². The minimum absolute atomic E-state index is 0.0102. The molecule has 2 amide bonds. The summed E-state index contributed by atoms with van der Waals surface area (Å²) >= 11 is 0. The third-order valence-electron chi connectivity index (χ3n) is 6.11. The molecule has 2 aromatic carbocycles. The fraction of sp³-hybridized carbons (Fsp3) is 0.346. The molecular formula is C26H30N4O3. The number of nitrogens with zero attached hydrogens (tertiary/aromatic N) is 2. The number of carbonyl (C=O) groups is 2. The SMILES string of the molecule is CCC(=O)Nc1ccc(-c2cc(C3CCCC3)n(C(=O)NCCc3ccccc3)n2)c(O)c1. The number of carbonyl (C=O) groups excluding carboxylic acids is 2. The number of hydrogen-bond donors (Lipinski definition) is 3. The van der Waals surface area contributed by atoms with Crippen LogP contribution in [0, 0.1) is 0 Å². The van der Waals surface area contributed by atoms with Gasteiger partial charge in [-0.25, -0.2) is 4.79 Å². The molecule has 33 heavy (non-hydrogen) atoms. The number of aromatic hydroxyl groups is 1. The maximum Gasteiger partial charge on any atom is 0.342 e. The van der Waals surface area contributed by atoms with Crippen LogP contribution in [0.1, 0.15) is 56.2 Å². The lowest BCUT2D eigenvalue weighted by Gasteiger charge is -2.12. The Kier molecular flexibility index (Phi) is 7.07. The summed E-state index contributed by atoms with van der Waals surface area (Å²) in [6, 6.07) is 16.6. The summed E-state index contributed by atoms with van der Waals surface area (Å²) in [5, 5.41) is 20.9. The average Bonchev–Trinajstić information content (AvgIpc) is 3.50. The van der Waals surface area contributed by atoms with Gasteiger partial charge in [-0.3, -0.25) is 4.79 Å². The summed E-state index contributed by atoms with van der Waals surface area (Å²) in [6.07, 6.45) is 5.42. The Labute approximate surface area is 193 Å². The van der Waals surface area contributed by atoms with Gasteiger partial charge in [-0.2, -0.15) is 9.78 Å². The Morgan fingerprint density at radius 1 is 1.09 bits per heavy atom. The zero-order chi connectivity index (χ0) is 23.2. The number of benzene rings is 2. The van der Waals surface area contributed by atoms with Crippen LogP contribution < -0.4 is 10.6 Å². The van der Waals surface area contributed by atoms with Crippen LogP contribution in [0.15, 0.2) is 54.6 Å². The number of anilines is 1. The van der Waals surface area contributed by atoms with Crippen LogP contribution >= 0.6 is 0 Å². The molecule has 0 saturated heterocycles. The van der Waals surface area contributed by atoms with E-state index >= 15 is 0 Å². The van der Waals surface area contributed by atoms with Crippen LogP contribution in [-0.4, -0.2) is 33.4 Å². The molecule has 1 aliphatic carbocycles. The van der Waals surface area contributed by atoms with Gasteiger partial charge in [0.2, 0.25) is 5.91 Å². The number of hydrogen-bond acceptors (Lipinski definition) is 4. The predicted octanol–water partition coefficient (Wildman–Crippen LogP) is 5.06. The minimum Gasteiger partial charge on any atom is -0.507 e. The first-order valence-electron chi connectivity index (χ1n) is 11.6. The van der Waals surface area contributed by atoms with Crippen molar-refractivity contribution in [1.82, 2.24) is 15.1 Å². The van der Waals surface area contributed by atoms with Crippen LogP contribution in [0.25, 0.3) is 11.3 Å². The monoisotopic (exact) mass is 446 g/mol. The molecule has 0 spiro atoms. The number of amides is 2. The van der Waals surface area contributed by atoms with Crippen LogP contribution in [0.3, 0.4) is 0 Å². The second kappa shape index (κ2) is 10.3. The Morgan fingerprint density at radius 2 is 1.85 bits per heavy atom. The van der Waals surface area contributed by atoms with Gasteiger partial charge in [0, 0.05) is 36.2 Å². The molecule has 3 aromatic rings. The standard InChI is InChI=1S/C26H30N4O3/c1-2-25(32)28-20-12-13-21(24(31)16-20)22-17-23(19-10-6-7-11-19)30(29-22)26(33)27-15-14-18-8-4-3-5-9-18/h3-5,8-9,12-13,16-17,19,31H,2,6-7,10-11,14-15H2,1H3,(H,27,33)(H,28,32). The number of phenolic OH excluding ortho intramolecular Hbond substituents is 1. The van der Waals surface area contributed by atoms with E-state index in [2.05, 4.69) is 15.7 Å². The molecule has 1 aromatic heterocycles. The molecule has 1 heterocycles. The highest BCUT2D eigenvalue weighted by Crippen LogP contribution is 2.37. The molecule has 0 atom stereocenters. The first kappa shape index (κ1) is 22.6. The van der Waals surface area contributed by atoms with Gasteiger partial charge < -0.3 is 15.7 Å². The molecule has 7 heteroatoms. The smallest absolute Gasteiger partial charge is 0.342 e. The van der Waals surface area contributed by atoms with E-state index < -0.39 is 0 Å². The van der Waals surface area contributed by atoms with E-state index in [1.807, 2.05) is 36.4 Å². The highest BCUT2D eigenvalue weighted by molar-refractivity contribution is 5.91. The topological polar surface area (TPSA) is 96.3 Å². The average molecular weight is 447 g/mol. The fourth-order valence-corrected chi connectivity index (χ4v) is 4.31. The van der Waals surface area contributed by atoms with Gasteiger partial charge in [-0.15, -0.1) is 0 Å². The van der Waals surface area contributed by atoms with Crippen molar-refractivity contribution < 1.29 is 14.7 Å². The largest absolute Gasteiger partial charge is 0.507 e. The van der Waals surface area contributed by atoms with Crippen LogP contribution in [0.2, 0.25) is 0 Å². The number of aromatic nitrogens is 2. The van der Waals surface area contributed by atoms with Crippen molar-refractivity contribution in [1.29, 1.82) is 0 Å². The molecule has 1 aliphatic rings. The molecule has 1 saturated carbocycles. The van der Waals surface area contributed by atoms with E-state index in [0.717, 1.165) is 43.4 Å². The van der Waals surface area contributed by atoms with Crippen LogP contribution in [0.4, 0.5) is 10.5 Å². The Hall–Kier alpha value is -3.61. The Morgan fingerprint density at radius 3 is 2.55 bits per heavy atom. The lowest BCUT2D eigenvalue weighted by atomic mass is 10.0. The number of nitrogens with one attached hydrogen (secondary N) is 2. The second-order valence-electron chi connectivity index (χ2n) is 8.45. The zero-order valence-corrected chi connectivity index (χ0v) is 18.9. The van der Waals surface area contributed by atoms with Crippen molar-refractivity contribution >= 4 is 17.6 Å². The summed E-state index contributed by atoms with van der Waals surface area (Å²) in [6.45, 7) is 2.28. The van der Waals surface area contributed by atoms with E-state index in [1.165, 1.54) is 10.7 Å². The fourth-order valence-electron chi connectivity index (χ4n) is 4.31. The third kappa shape index (κ3) is 5.42. The molecule has 1 fully saturated rings. The Balaban J connectivity index is 1.55. The summed E-state index contributed by atoms with van der Waals surface area (Å²) in [4.78, 5) is 24.7. The molecule has 3 N–H and O–H groups in total. The van der Waals surface area contributed by atoms with Gasteiger partial charge in [0.25, 0.3) is 0 Å². The molecule has 4 rings (SSSR count). The minimum atomic E-state index is -0.259. The summed E-state index contributed by atoms with van der Waals surface area (Å²) in [7, 11) is 0. The van der Waals surface area contributed by atoms with Gasteiger partial charge in [-0.1, -0.05) is 50.1 Å². The highest BCUT2D eigenvalue weighted by atomic mass is 16.3. The first-order valence-corrected chi connectivity index (χ1v) is 11.6. The zero-order valence-electron chi connectivity index (χ0n) is 18.9. The number of phenols is 1. The molecule has 0 bridgehead atoms. The molecular weight excluding hydrogens is 416 g/mol. The lowest BCUT2D eigenvalue weighted by molar-refractivity contribution is -0.115. The predicted molar refractivity (Wildman–Crippen MR) is 128 cm³/mol. The molecule has 0 aliphatic heterocycles. The highest BCUT2D eigenvalue weighted by Gasteiger charge is 2.26. The maximum atomic E-state index is 13.0. The van der Waals surface area contributed by atoms with Gasteiger partial charge in [-0.05, 0) is 43.0 Å². The second-order valence-corrected chi connectivity index (χ2v) is 8.45. The van der Waals surface area contributed by atoms with E-state index in [-0.39, 0.29) is 23.6 Å². The number of rotatable bonds is 7. The van der Waals surface area contributed by atoms with E-state index in [1.54, 1.807) is 19.1 Å². The summed E-state index contributed by atoms with van der Waals surface area (Å²) < 4.78 is 1.46. The van der Waals surface area contributed by atoms with E-state index in [4.69, 9.17) is 0 Å². The van der Waals surface area contributed by atoms with Gasteiger partial charge >= 0.3 is 6.03 Å². The van der Waals surface area contributed by atoms with Gasteiger partial charge in [0.1, 0.15) is 5.75 Å². The van der Waals surface area contributed by atoms with Crippen LogP contribution in [-0.2, 0) is 11.2 Å². The first-order chi connectivity index (χ1) is 16.0. The maximum absolute atomic E-state index is 13.0. The normalized spacial score (nSPS) is 13.7. The molecule has 0 radical (unpaired) electrons. The quantitative estimate of drug-likeness (QED) is 0.472. The van der Waals surface area contributed by atoms with Crippen molar-refractivity contribution in [2.75, 3.05) is 11.9 Å². The van der Waals surface area contributed by atoms with E-state index in [9.17, 15) is 14.7 Å². The lowest BCUT2D eigenvalue weighted by Crippen LogP contribution is -2.32. The van der Waals surface area contributed by atoms with Gasteiger partial charge in [0.15, 0.2) is 0 Å². The molecule has 0 unspecified atom stereocenters. The van der Waals surface area contributed by atoms with Crippen LogP contribution in [0.5, 0.6) is 5.75 Å². The van der Waals surface area contributed by atoms with Crippen molar-refractivity contribution in [3.63, 3.8) is 0 Å². The molecule has 172 valence electrons. The van der Waals surface area contributed by atoms with Crippen molar-refractivity contribution in [2.24, 2.45) is 0 Å². The van der Waals surface area contributed by atoms with Crippen molar-refractivity contribution in [2.45, 2.75) is 51.4 Å². The van der Waals surface area contributed by atoms with Gasteiger partial charge in [0.05, 0.1) is 11.4 Å². The summed E-state index contributed by atoms with van der Waals surface area (Å²) in [5.74, 6) is 0.162. The molecule has 7 nitrogen and oxygen atoms in total. The van der Waals surface area contributed by atoms with E-state index in [0.29, 0.717) is 29.9 Å². The summed E-state index contributed by atoms with van der Waals surface area (Å²) in [5.41, 5.74) is 3.63.